The van der Waals surface area contributed by atoms with Gasteiger partial charge in [-0.05, 0) is 31.0 Å². The van der Waals surface area contributed by atoms with E-state index in [1.165, 1.54) is 24.4 Å². The summed E-state index contributed by atoms with van der Waals surface area (Å²) >= 11 is 6.09. The van der Waals surface area contributed by atoms with Gasteiger partial charge in [0.15, 0.2) is 0 Å². The van der Waals surface area contributed by atoms with Crippen LogP contribution in [-0.4, -0.2) is 40.9 Å². The maximum atomic E-state index is 12.0. The molecule has 29 heavy (non-hydrogen) atoms. The predicted molar refractivity (Wildman–Crippen MR) is 107 cm³/mol. The third-order valence-corrected chi connectivity index (χ3v) is 4.76. The van der Waals surface area contributed by atoms with Crippen molar-refractivity contribution in [3.63, 3.8) is 0 Å². The third-order valence-electron chi connectivity index (χ3n) is 4.44. The molecule has 1 aromatic heterocycles. The monoisotopic (exact) mass is 418 g/mol. The van der Waals surface area contributed by atoms with Gasteiger partial charge in [0.05, 0.1) is 16.2 Å². The molecule has 3 rings (SSSR count). The van der Waals surface area contributed by atoms with Crippen molar-refractivity contribution in [2.24, 2.45) is 5.10 Å². The van der Waals surface area contributed by atoms with Gasteiger partial charge in [0.25, 0.3) is 11.6 Å². The van der Waals surface area contributed by atoms with Crippen molar-refractivity contribution >= 4 is 35.3 Å². The number of non-ortho nitro benzene ring substituents is 1. The van der Waals surface area contributed by atoms with Crippen LogP contribution in [0.5, 0.6) is 0 Å². The summed E-state index contributed by atoms with van der Waals surface area (Å²) in [6.07, 6.45) is 4.53. The summed E-state index contributed by atoms with van der Waals surface area (Å²) in [4.78, 5) is 35.7. The molecule has 0 unspecified atom stereocenters. The molecule has 2 amide bonds. The lowest BCUT2D eigenvalue weighted by atomic mass is 10.1. The second-order valence-electron chi connectivity index (χ2n) is 6.54. The van der Waals surface area contributed by atoms with E-state index in [9.17, 15) is 19.7 Å². The Balaban J connectivity index is 1.58. The number of nitrogens with zero attached hydrogens (tertiary/aromatic N) is 3. The minimum absolute atomic E-state index is 0.0164. The summed E-state index contributed by atoms with van der Waals surface area (Å²) in [7, 11) is 0. The van der Waals surface area contributed by atoms with Gasteiger partial charge in [-0.15, -0.1) is 0 Å². The molecule has 1 N–H and O–H groups in total. The molecular weight excluding hydrogens is 400 g/mol. The van der Waals surface area contributed by atoms with E-state index in [-0.39, 0.29) is 29.1 Å². The van der Waals surface area contributed by atoms with E-state index in [0.717, 1.165) is 19.3 Å². The van der Waals surface area contributed by atoms with Crippen LogP contribution in [0.15, 0.2) is 39.9 Å². The summed E-state index contributed by atoms with van der Waals surface area (Å²) in [6, 6.07) is 7.35. The van der Waals surface area contributed by atoms with Gasteiger partial charge in [0.2, 0.25) is 5.91 Å². The van der Waals surface area contributed by atoms with E-state index in [4.69, 9.17) is 16.0 Å². The third kappa shape index (κ3) is 5.41. The summed E-state index contributed by atoms with van der Waals surface area (Å²) in [5, 5.41) is 14.8. The van der Waals surface area contributed by atoms with E-state index in [1.54, 1.807) is 17.0 Å². The number of furan rings is 1. The average molecular weight is 419 g/mol. The lowest BCUT2D eigenvalue weighted by Crippen LogP contribution is -2.39. The van der Waals surface area contributed by atoms with Crippen LogP contribution in [0.1, 0.15) is 31.4 Å². The Labute approximate surface area is 171 Å². The highest BCUT2D eigenvalue weighted by atomic mass is 35.5. The number of likely N-dealkylation sites (tertiary alicyclic amines) is 1. The minimum Gasteiger partial charge on any atom is -0.455 e. The number of nitro benzene ring substituents is 1. The van der Waals surface area contributed by atoms with Crippen molar-refractivity contribution in [1.29, 1.82) is 0 Å². The van der Waals surface area contributed by atoms with Crippen LogP contribution < -0.4 is 5.43 Å². The zero-order chi connectivity index (χ0) is 20.8. The van der Waals surface area contributed by atoms with E-state index < -0.39 is 4.92 Å². The number of nitro groups is 1. The zero-order valence-electron chi connectivity index (χ0n) is 15.5. The maximum absolute atomic E-state index is 12.0. The molecule has 2 aromatic rings. The minimum atomic E-state index is -0.530. The first-order chi connectivity index (χ1) is 13.9. The Morgan fingerprint density at radius 2 is 2.14 bits per heavy atom. The van der Waals surface area contributed by atoms with E-state index in [0.29, 0.717) is 30.0 Å². The number of hydrogen-bond acceptors (Lipinski definition) is 6. The van der Waals surface area contributed by atoms with Crippen LogP contribution in [0.3, 0.4) is 0 Å². The molecule has 152 valence electrons. The molecule has 1 aromatic carbocycles. The highest BCUT2D eigenvalue weighted by Gasteiger charge is 2.19. The molecule has 10 heteroatoms. The normalized spacial score (nSPS) is 14.8. The molecule has 0 atom stereocenters. The first-order valence-corrected chi connectivity index (χ1v) is 9.45. The van der Waals surface area contributed by atoms with Gasteiger partial charge in [-0.1, -0.05) is 18.0 Å². The van der Waals surface area contributed by atoms with Crippen molar-refractivity contribution in [2.45, 2.75) is 25.7 Å². The molecule has 9 nitrogen and oxygen atoms in total. The number of carbonyl (C=O) groups is 2. The average Bonchev–Trinajstić information content (AvgIpc) is 3.05. The highest BCUT2D eigenvalue weighted by Crippen LogP contribution is 2.32. The molecule has 1 saturated heterocycles. The molecule has 1 fully saturated rings. The molecular formula is C19H19ClN4O5. The molecule has 1 aliphatic rings. The summed E-state index contributed by atoms with van der Waals surface area (Å²) < 4.78 is 5.60. The van der Waals surface area contributed by atoms with Crippen molar-refractivity contribution in [3.8, 4) is 11.3 Å². The number of benzene rings is 1. The van der Waals surface area contributed by atoms with Gasteiger partial charge >= 0.3 is 0 Å². The molecule has 0 bridgehead atoms. The Morgan fingerprint density at radius 1 is 1.31 bits per heavy atom. The number of rotatable bonds is 6. The van der Waals surface area contributed by atoms with Crippen LogP contribution >= 0.6 is 11.6 Å². The van der Waals surface area contributed by atoms with Crippen LogP contribution in [0.4, 0.5) is 5.69 Å². The van der Waals surface area contributed by atoms with Crippen molar-refractivity contribution in [1.82, 2.24) is 10.3 Å². The molecule has 0 spiro atoms. The summed E-state index contributed by atoms with van der Waals surface area (Å²) in [6.45, 7) is 0.547. The predicted octanol–water partition coefficient (Wildman–Crippen LogP) is 3.36. The van der Waals surface area contributed by atoms with Crippen LogP contribution in [0, 0.1) is 10.1 Å². The molecule has 1 aliphatic heterocycles. The van der Waals surface area contributed by atoms with Crippen molar-refractivity contribution < 1.29 is 18.9 Å². The Morgan fingerprint density at radius 3 is 2.90 bits per heavy atom. The lowest BCUT2D eigenvalue weighted by Gasteiger charge is -2.18. The standard InChI is InChI=1S/C19H19ClN4O5/c20-16-10-13(24(27)28)5-7-15(16)17-8-6-14(29-17)11-21-22-18(25)12-23-9-3-1-2-4-19(23)26/h5-8,10-11H,1-4,9,12H2,(H,22,25)/b21-11-. The molecule has 0 saturated carbocycles. The molecule has 2 heterocycles. The fraction of sp³-hybridized carbons (Fsp3) is 0.316. The number of nitrogens with one attached hydrogen (secondary N) is 1. The Hall–Kier alpha value is -3.20. The van der Waals surface area contributed by atoms with Gasteiger partial charge in [-0.3, -0.25) is 19.7 Å². The first-order valence-electron chi connectivity index (χ1n) is 9.08. The van der Waals surface area contributed by atoms with E-state index in [2.05, 4.69) is 10.5 Å². The second kappa shape index (κ2) is 9.33. The lowest BCUT2D eigenvalue weighted by molar-refractivity contribution is -0.384. The Bertz CT molecular complexity index is 956. The van der Waals surface area contributed by atoms with Crippen molar-refractivity contribution in [3.05, 3.63) is 51.2 Å². The number of hydrazone groups is 1. The van der Waals surface area contributed by atoms with Crippen LogP contribution in [0.25, 0.3) is 11.3 Å². The molecule has 0 radical (unpaired) electrons. The van der Waals surface area contributed by atoms with Gasteiger partial charge in [0, 0.05) is 30.7 Å². The maximum Gasteiger partial charge on any atom is 0.270 e. The van der Waals surface area contributed by atoms with E-state index in [1.807, 2.05) is 0 Å². The largest absolute Gasteiger partial charge is 0.455 e. The quantitative estimate of drug-likeness (QED) is 0.438. The number of hydrogen-bond donors (Lipinski definition) is 1. The highest BCUT2D eigenvalue weighted by molar-refractivity contribution is 6.33. The molecule has 0 aliphatic carbocycles. The Kier molecular flexibility index (Phi) is 6.61. The smallest absolute Gasteiger partial charge is 0.270 e. The van der Waals surface area contributed by atoms with Crippen LogP contribution in [-0.2, 0) is 9.59 Å². The fourth-order valence-corrected chi connectivity index (χ4v) is 3.23. The van der Waals surface area contributed by atoms with Crippen LogP contribution in [0.2, 0.25) is 5.02 Å². The van der Waals surface area contributed by atoms with Gasteiger partial charge in [0.1, 0.15) is 18.1 Å². The topological polar surface area (TPSA) is 118 Å². The number of halogens is 1. The van der Waals surface area contributed by atoms with Gasteiger partial charge < -0.3 is 9.32 Å². The SMILES string of the molecule is O=C(CN1CCCCCC1=O)N/N=C\c1ccc(-c2ccc([N+](=O)[O-])cc2Cl)o1. The number of carbonyl (C=O) groups excluding carboxylic acids is 2. The van der Waals surface area contributed by atoms with E-state index >= 15 is 0 Å². The number of amides is 2. The zero-order valence-corrected chi connectivity index (χ0v) is 16.2. The first kappa shape index (κ1) is 20.5. The van der Waals surface area contributed by atoms with Crippen molar-refractivity contribution in [2.75, 3.05) is 13.1 Å². The summed E-state index contributed by atoms with van der Waals surface area (Å²) in [5.74, 6) is 0.368. The fourth-order valence-electron chi connectivity index (χ4n) is 2.97. The summed E-state index contributed by atoms with van der Waals surface area (Å²) in [5.41, 5.74) is 2.76. The second-order valence-corrected chi connectivity index (χ2v) is 6.95. The van der Waals surface area contributed by atoms with Gasteiger partial charge in [-0.25, -0.2) is 5.43 Å². The van der Waals surface area contributed by atoms with Gasteiger partial charge in [-0.2, -0.15) is 5.10 Å².